The Bertz CT molecular complexity index is 540. The number of aromatic nitrogens is 2. The van der Waals surface area contributed by atoms with E-state index in [-0.39, 0.29) is 6.61 Å². The third-order valence-electron chi connectivity index (χ3n) is 1.90. The van der Waals surface area contributed by atoms with Crippen molar-refractivity contribution in [2.45, 2.75) is 19.9 Å². The van der Waals surface area contributed by atoms with E-state index in [9.17, 15) is 13.2 Å². The minimum atomic E-state index is -3.38. The van der Waals surface area contributed by atoms with Crippen LogP contribution >= 0.6 is 0 Å². The summed E-state index contributed by atoms with van der Waals surface area (Å²) >= 11 is 0. The molecule has 1 rings (SSSR count). The summed E-state index contributed by atoms with van der Waals surface area (Å²) in [5, 5.41) is 3.50. The van der Waals surface area contributed by atoms with E-state index in [1.807, 2.05) is 0 Å². The first-order valence-electron chi connectivity index (χ1n) is 4.92. The number of nitrogens with zero attached hydrogens (tertiary/aromatic N) is 2. The normalized spacial score (nSPS) is 12.4. The fraction of sp³-hybridized carbons (Fsp3) is 0.556. The lowest BCUT2D eigenvalue weighted by Gasteiger charge is -1.97. The predicted octanol–water partition coefficient (Wildman–Crippen LogP) is 0.0672. The third kappa shape index (κ3) is 4.96. The molecule has 96 valence electrons. The molecule has 0 saturated heterocycles. The van der Waals surface area contributed by atoms with E-state index in [0.717, 1.165) is 6.26 Å². The van der Waals surface area contributed by atoms with Gasteiger partial charge in [0.05, 0.1) is 12.9 Å². The Hall–Kier alpha value is -1.41. The molecule has 1 heterocycles. The van der Waals surface area contributed by atoms with Gasteiger partial charge in [-0.15, -0.1) is 0 Å². The van der Waals surface area contributed by atoms with Crippen LogP contribution in [-0.2, 0) is 20.8 Å². The molecule has 0 amide bonds. The van der Waals surface area contributed by atoms with Crippen molar-refractivity contribution >= 4 is 10.1 Å². The second-order valence-electron chi connectivity index (χ2n) is 3.39. The number of hydrogen-bond acceptors (Lipinski definition) is 6. The predicted molar refractivity (Wildman–Crippen MR) is 60.1 cm³/mol. The molecule has 0 aliphatic carbocycles. The van der Waals surface area contributed by atoms with E-state index in [0.29, 0.717) is 18.8 Å². The molecule has 0 N–H and O–H groups in total. The van der Waals surface area contributed by atoms with Crippen molar-refractivity contribution in [1.82, 2.24) is 9.72 Å². The highest BCUT2D eigenvalue weighted by atomic mass is 32.2. The van der Waals surface area contributed by atoms with Crippen molar-refractivity contribution in [3.8, 4) is 0 Å². The molecule has 17 heavy (non-hydrogen) atoms. The fourth-order valence-electron chi connectivity index (χ4n) is 1.11. The second-order valence-corrected chi connectivity index (χ2v) is 5.04. The van der Waals surface area contributed by atoms with E-state index >= 15 is 0 Å². The van der Waals surface area contributed by atoms with E-state index < -0.39 is 15.9 Å². The average molecular weight is 262 g/mol. The summed E-state index contributed by atoms with van der Waals surface area (Å²) in [7, 11) is -3.38. The van der Waals surface area contributed by atoms with Crippen LogP contribution in [0, 0.1) is 6.92 Å². The van der Waals surface area contributed by atoms with Crippen molar-refractivity contribution in [2.24, 2.45) is 0 Å². The van der Waals surface area contributed by atoms with Crippen LogP contribution < -0.4 is 5.76 Å². The lowest BCUT2D eigenvalue weighted by atomic mass is 10.4. The molecule has 0 aliphatic rings. The van der Waals surface area contributed by atoms with Crippen molar-refractivity contribution in [3.05, 3.63) is 28.5 Å². The van der Waals surface area contributed by atoms with E-state index in [1.165, 1.54) is 4.57 Å². The van der Waals surface area contributed by atoms with Crippen LogP contribution in [0.5, 0.6) is 0 Å². The van der Waals surface area contributed by atoms with Crippen LogP contribution in [0.15, 0.2) is 21.5 Å². The Morgan fingerprint density at radius 2 is 2.18 bits per heavy atom. The monoisotopic (exact) mass is 262 g/mol. The summed E-state index contributed by atoms with van der Waals surface area (Å²) in [6.45, 7) is 2.09. The van der Waals surface area contributed by atoms with Gasteiger partial charge in [-0.3, -0.25) is 13.3 Å². The molecule has 0 aromatic carbocycles. The molecule has 0 saturated carbocycles. The molecule has 0 spiro atoms. The largest absolute Gasteiger partial charge is 0.441 e. The summed E-state index contributed by atoms with van der Waals surface area (Å²) < 4.78 is 31.6. The zero-order valence-corrected chi connectivity index (χ0v) is 10.4. The molecular weight excluding hydrogens is 248 g/mol. The van der Waals surface area contributed by atoms with Crippen molar-refractivity contribution in [2.75, 3.05) is 12.9 Å². The summed E-state index contributed by atoms with van der Waals surface area (Å²) in [4.78, 5) is 11.1. The quantitative estimate of drug-likeness (QED) is 0.409. The number of aryl methyl sites for hydroxylation is 1. The van der Waals surface area contributed by atoms with Gasteiger partial charge in [-0.2, -0.15) is 8.42 Å². The van der Waals surface area contributed by atoms with Gasteiger partial charge in [-0.05, 0) is 13.3 Å². The Labute approximate surface area is 98.8 Å². The number of hydrogen-bond donors (Lipinski definition) is 0. The average Bonchev–Trinajstić information content (AvgIpc) is 2.52. The lowest BCUT2D eigenvalue weighted by molar-refractivity contribution is 0.328. The van der Waals surface area contributed by atoms with Crippen LogP contribution in [0.25, 0.3) is 0 Å². The van der Waals surface area contributed by atoms with Gasteiger partial charge in [-0.1, -0.05) is 17.3 Å². The highest BCUT2D eigenvalue weighted by molar-refractivity contribution is 7.85. The molecule has 0 unspecified atom stereocenters. The summed E-state index contributed by atoms with van der Waals surface area (Å²) in [6.07, 6.45) is 4.89. The summed E-state index contributed by atoms with van der Waals surface area (Å²) in [6, 6.07) is 0. The number of rotatable bonds is 6. The topological polar surface area (TPSA) is 91.4 Å². The first kappa shape index (κ1) is 13.7. The Kier molecular flexibility index (Phi) is 4.64. The van der Waals surface area contributed by atoms with Crippen LogP contribution in [-0.4, -0.2) is 31.0 Å². The Morgan fingerprint density at radius 1 is 1.47 bits per heavy atom. The highest BCUT2D eigenvalue weighted by Gasteiger charge is 2.02. The third-order valence-corrected chi connectivity index (χ3v) is 2.50. The van der Waals surface area contributed by atoms with Crippen molar-refractivity contribution < 1.29 is 17.1 Å². The molecule has 0 fully saturated rings. The molecule has 0 radical (unpaired) electrons. The minimum absolute atomic E-state index is 0.0901. The lowest BCUT2D eigenvalue weighted by Crippen LogP contribution is -2.14. The van der Waals surface area contributed by atoms with Gasteiger partial charge >= 0.3 is 5.76 Å². The Balaban J connectivity index is 2.35. The molecule has 1 aromatic heterocycles. The van der Waals surface area contributed by atoms with E-state index in [4.69, 9.17) is 0 Å². The zero-order chi connectivity index (χ0) is 12.9. The molecule has 7 nitrogen and oxygen atoms in total. The van der Waals surface area contributed by atoms with Gasteiger partial charge in [0.15, 0.2) is 5.82 Å². The first-order valence-corrected chi connectivity index (χ1v) is 6.74. The SMILES string of the molecule is Cc1noc(=O)n1C/C=C\CCOS(C)(=O)=O. The van der Waals surface area contributed by atoms with Crippen LogP contribution in [0.2, 0.25) is 0 Å². The van der Waals surface area contributed by atoms with Crippen LogP contribution in [0.4, 0.5) is 0 Å². The first-order chi connectivity index (χ1) is 7.90. The molecule has 0 aliphatic heterocycles. The van der Waals surface area contributed by atoms with E-state index in [1.54, 1.807) is 19.1 Å². The highest BCUT2D eigenvalue weighted by Crippen LogP contribution is 1.93. The van der Waals surface area contributed by atoms with Crippen LogP contribution in [0.3, 0.4) is 0 Å². The summed E-state index contributed by atoms with van der Waals surface area (Å²) in [5.74, 6) is -0.0217. The van der Waals surface area contributed by atoms with Crippen LogP contribution in [0.1, 0.15) is 12.2 Å². The molecular formula is C9H14N2O5S. The van der Waals surface area contributed by atoms with Gasteiger partial charge in [0.1, 0.15) is 0 Å². The summed E-state index contributed by atoms with van der Waals surface area (Å²) in [5.41, 5.74) is 0. The maximum absolute atomic E-state index is 11.1. The van der Waals surface area contributed by atoms with Gasteiger partial charge < -0.3 is 0 Å². The maximum Gasteiger partial charge on any atom is 0.441 e. The van der Waals surface area contributed by atoms with Crippen molar-refractivity contribution in [1.29, 1.82) is 0 Å². The molecule has 1 aromatic rings. The second kappa shape index (κ2) is 5.78. The number of allylic oxidation sites excluding steroid dienone is 1. The fourth-order valence-corrected chi connectivity index (χ4v) is 1.51. The maximum atomic E-state index is 11.1. The Morgan fingerprint density at radius 3 is 2.71 bits per heavy atom. The van der Waals surface area contributed by atoms with Gasteiger partial charge in [0, 0.05) is 6.54 Å². The van der Waals surface area contributed by atoms with Gasteiger partial charge in [0.2, 0.25) is 0 Å². The van der Waals surface area contributed by atoms with E-state index in [2.05, 4.69) is 13.9 Å². The van der Waals surface area contributed by atoms with Crippen molar-refractivity contribution in [3.63, 3.8) is 0 Å². The van der Waals surface area contributed by atoms with Gasteiger partial charge in [-0.25, -0.2) is 4.79 Å². The molecule has 8 heteroatoms. The molecule has 0 bridgehead atoms. The standard InChI is InChI=1S/C9H14N2O5S/c1-8-10-16-9(12)11(8)6-4-3-5-7-15-17(2,13)14/h3-4H,5-7H2,1-2H3/b4-3-. The molecule has 0 atom stereocenters. The minimum Gasteiger partial charge on any atom is -0.296 e. The smallest absolute Gasteiger partial charge is 0.296 e. The zero-order valence-electron chi connectivity index (χ0n) is 9.62. The van der Waals surface area contributed by atoms with Gasteiger partial charge in [0.25, 0.3) is 10.1 Å².